The minimum Gasteiger partial charge on any atom is -0.371 e. The van der Waals surface area contributed by atoms with E-state index in [2.05, 4.69) is 56.5 Å². The van der Waals surface area contributed by atoms with E-state index in [1.54, 1.807) is 0 Å². The SMILES string of the molecule is C=C1C(N2CCCCC2)=C/C=N\N/C=C\1c1ccc2[nH]ncc2c1. The van der Waals surface area contributed by atoms with Gasteiger partial charge in [0.15, 0.2) is 0 Å². The second-order valence-electron chi connectivity index (χ2n) is 6.22. The first kappa shape index (κ1) is 14.8. The Kier molecular flexibility index (Phi) is 3.91. The maximum Gasteiger partial charge on any atom is 0.0650 e. The van der Waals surface area contributed by atoms with Gasteiger partial charge in [-0.25, -0.2) is 0 Å². The molecule has 0 saturated carbocycles. The van der Waals surface area contributed by atoms with Crippen LogP contribution in [-0.4, -0.2) is 34.4 Å². The Morgan fingerprint density at radius 1 is 1.12 bits per heavy atom. The lowest BCUT2D eigenvalue weighted by Gasteiger charge is -2.33. The van der Waals surface area contributed by atoms with E-state index < -0.39 is 0 Å². The number of H-pyrrole nitrogens is 1. The van der Waals surface area contributed by atoms with Crippen LogP contribution in [0.15, 0.2) is 59.6 Å². The lowest BCUT2D eigenvalue weighted by atomic mass is 9.94. The Balaban J connectivity index is 1.72. The molecule has 1 aromatic heterocycles. The molecule has 1 saturated heterocycles. The third-order valence-corrected chi connectivity index (χ3v) is 4.67. The van der Waals surface area contributed by atoms with Gasteiger partial charge in [0.25, 0.3) is 0 Å². The normalized spacial score (nSPS) is 22.2. The number of benzene rings is 1. The number of nitrogens with zero attached hydrogens (tertiary/aromatic N) is 3. The van der Waals surface area contributed by atoms with Crippen molar-refractivity contribution in [1.82, 2.24) is 20.5 Å². The van der Waals surface area contributed by atoms with Gasteiger partial charge in [-0.1, -0.05) is 12.6 Å². The second kappa shape index (κ2) is 6.35. The monoisotopic (exact) mass is 319 g/mol. The zero-order valence-electron chi connectivity index (χ0n) is 13.6. The average molecular weight is 319 g/mol. The molecule has 122 valence electrons. The molecule has 0 spiro atoms. The highest BCUT2D eigenvalue weighted by atomic mass is 15.3. The molecule has 0 radical (unpaired) electrons. The van der Waals surface area contributed by atoms with Gasteiger partial charge in [-0.3, -0.25) is 10.5 Å². The van der Waals surface area contributed by atoms with Gasteiger partial charge in [-0.2, -0.15) is 10.2 Å². The third kappa shape index (κ3) is 2.73. The van der Waals surface area contributed by atoms with Crippen molar-refractivity contribution >= 4 is 22.7 Å². The molecule has 3 heterocycles. The molecule has 2 aliphatic rings. The fourth-order valence-corrected chi connectivity index (χ4v) is 3.38. The van der Waals surface area contributed by atoms with Crippen LogP contribution in [0.5, 0.6) is 0 Å². The van der Waals surface area contributed by atoms with Crippen molar-refractivity contribution in [1.29, 1.82) is 0 Å². The highest BCUT2D eigenvalue weighted by Crippen LogP contribution is 2.32. The zero-order valence-corrected chi connectivity index (χ0v) is 13.6. The van der Waals surface area contributed by atoms with Gasteiger partial charge in [-0.15, -0.1) is 0 Å². The number of rotatable bonds is 2. The van der Waals surface area contributed by atoms with Crippen molar-refractivity contribution in [3.05, 3.63) is 60.1 Å². The number of hydrazone groups is 1. The van der Waals surface area contributed by atoms with Gasteiger partial charge in [0.1, 0.15) is 0 Å². The predicted octanol–water partition coefficient (Wildman–Crippen LogP) is 3.42. The number of likely N-dealkylation sites (tertiary alicyclic amines) is 1. The number of aromatic amines is 1. The molecule has 2 aliphatic heterocycles. The van der Waals surface area contributed by atoms with Gasteiger partial charge in [-0.05, 0) is 43.0 Å². The minimum absolute atomic E-state index is 1.03. The van der Waals surface area contributed by atoms with Crippen molar-refractivity contribution < 1.29 is 0 Å². The molecule has 24 heavy (non-hydrogen) atoms. The summed E-state index contributed by atoms with van der Waals surface area (Å²) < 4.78 is 0. The van der Waals surface area contributed by atoms with E-state index >= 15 is 0 Å². The molecule has 5 nitrogen and oxygen atoms in total. The van der Waals surface area contributed by atoms with Crippen molar-refractivity contribution in [2.75, 3.05) is 13.1 Å². The Morgan fingerprint density at radius 3 is 2.88 bits per heavy atom. The Hall–Kier alpha value is -2.82. The molecule has 1 fully saturated rings. The maximum absolute atomic E-state index is 4.39. The third-order valence-electron chi connectivity index (χ3n) is 4.67. The van der Waals surface area contributed by atoms with Gasteiger partial charge < -0.3 is 4.90 Å². The van der Waals surface area contributed by atoms with Gasteiger partial charge in [0, 0.05) is 47.7 Å². The molecule has 1 aromatic carbocycles. The van der Waals surface area contributed by atoms with Crippen LogP contribution in [0, 0.1) is 0 Å². The number of nitrogens with one attached hydrogen (secondary N) is 2. The van der Waals surface area contributed by atoms with Crippen LogP contribution in [0.2, 0.25) is 0 Å². The Morgan fingerprint density at radius 2 is 2.00 bits per heavy atom. The first-order valence-corrected chi connectivity index (χ1v) is 8.40. The number of aromatic nitrogens is 2. The van der Waals surface area contributed by atoms with Gasteiger partial charge in [0.05, 0.1) is 11.7 Å². The molecule has 5 heteroatoms. The molecule has 4 rings (SSSR count). The quantitative estimate of drug-likeness (QED) is 0.892. The van der Waals surface area contributed by atoms with Crippen molar-refractivity contribution in [2.45, 2.75) is 19.3 Å². The van der Waals surface area contributed by atoms with Crippen molar-refractivity contribution in [3.8, 4) is 0 Å². The summed E-state index contributed by atoms with van der Waals surface area (Å²) in [7, 11) is 0. The molecule has 0 unspecified atom stereocenters. The lowest BCUT2D eigenvalue weighted by molar-refractivity contribution is 0.291. The minimum atomic E-state index is 1.03. The lowest BCUT2D eigenvalue weighted by Crippen LogP contribution is -2.30. The summed E-state index contributed by atoms with van der Waals surface area (Å²) in [5.74, 6) is 0. The zero-order chi connectivity index (χ0) is 16.4. The van der Waals surface area contributed by atoms with Crippen molar-refractivity contribution in [2.24, 2.45) is 5.10 Å². The van der Waals surface area contributed by atoms with Gasteiger partial charge in [0.2, 0.25) is 0 Å². The number of fused-ring (bicyclic) bond motifs is 1. The molecule has 2 N–H and O–H groups in total. The molecular formula is C19H21N5. The first-order valence-electron chi connectivity index (χ1n) is 8.40. The number of hydrogen-bond acceptors (Lipinski definition) is 4. The number of allylic oxidation sites excluding steroid dienone is 2. The van der Waals surface area contributed by atoms with Crippen LogP contribution in [0.25, 0.3) is 16.5 Å². The van der Waals surface area contributed by atoms with E-state index in [1.165, 1.54) is 25.0 Å². The Labute approximate surface area is 141 Å². The van der Waals surface area contributed by atoms with Crippen LogP contribution in [0.4, 0.5) is 0 Å². The molecule has 2 aromatic rings. The standard InChI is InChI=1S/C19H21N5/c1-14-17(15-5-6-18-16(11-15)12-22-23-18)13-21-20-8-7-19(14)24-9-3-2-4-10-24/h5-8,11-13,21H,1-4,9-10H2,(H,22,23)/b17-13+,19-7?,20-8-. The summed E-state index contributed by atoms with van der Waals surface area (Å²) in [6, 6.07) is 6.28. The summed E-state index contributed by atoms with van der Waals surface area (Å²) in [6.07, 6.45) is 11.4. The summed E-state index contributed by atoms with van der Waals surface area (Å²) in [6.45, 7) is 6.56. The number of hydrogen-bond donors (Lipinski definition) is 2. The maximum atomic E-state index is 4.39. The van der Waals surface area contributed by atoms with Crippen LogP contribution in [0.3, 0.4) is 0 Å². The summed E-state index contributed by atoms with van der Waals surface area (Å²) in [5.41, 5.74) is 8.39. The first-order chi connectivity index (χ1) is 11.8. The van der Waals surface area contributed by atoms with Crippen molar-refractivity contribution in [3.63, 3.8) is 0 Å². The van der Waals surface area contributed by atoms with E-state index in [1.807, 2.05) is 18.6 Å². The molecular weight excluding hydrogens is 298 g/mol. The topological polar surface area (TPSA) is 56.3 Å². The smallest absolute Gasteiger partial charge is 0.0650 e. The summed E-state index contributed by atoms with van der Waals surface area (Å²) in [4.78, 5) is 2.42. The largest absolute Gasteiger partial charge is 0.371 e. The highest BCUT2D eigenvalue weighted by Gasteiger charge is 2.19. The fraction of sp³-hybridized carbons (Fsp3) is 0.263. The Bertz CT molecular complexity index is 850. The van der Waals surface area contributed by atoms with Crippen LogP contribution in [0.1, 0.15) is 24.8 Å². The highest BCUT2D eigenvalue weighted by molar-refractivity contribution is 5.90. The van der Waals surface area contributed by atoms with E-state index in [9.17, 15) is 0 Å². The van der Waals surface area contributed by atoms with E-state index in [4.69, 9.17) is 0 Å². The van der Waals surface area contributed by atoms with Crippen LogP contribution in [-0.2, 0) is 0 Å². The van der Waals surface area contributed by atoms with E-state index in [0.29, 0.717) is 0 Å². The molecule has 0 aliphatic carbocycles. The fourth-order valence-electron chi connectivity index (χ4n) is 3.38. The predicted molar refractivity (Wildman–Crippen MR) is 98.3 cm³/mol. The van der Waals surface area contributed by atoms with E-state index in [0.717, 1.165) is 40.7 Å². The molecule has 0 atom stereocenters. The van der Waals surface area contributed by atoms with Crippen LogP contribution < -0.4 is 5.43 Å². The molecule has 0 amide bonds. The second-order valence-corrected chi connectivity index (χ2v) is 6.22. The van der Waals surface area contributed by atoms with Gasteiger partial charge >= 0.3 is 0 Å². The number of piperidine rings is 1. The molecule has 0 bridgehead atoms. The van der Waals surface area contributed by atoms with Crippen LogP contribution >= 0.6 is 0 Å². The average Bonchev–Trinajstić information content (AvgIpc) is 3.07. The summed E-state index contributed by atoms with van der Waals surface area (Å²) >= 11 is 0. The summed E-state index contributed by atoms with van der Waals surface area (Å²) in [5, 5.41) is 12.4. The van der Waals surface area contributed by atoms with E-state index in [-0.39, 0.29) is 0 Å².